The van der Waals surface area contributed by atoms with Crippen molar-refractivity contribution in [3.05, 3.63) is 65.9 Å². The lowest BCUT2D eigenvalue weighted by atomic mass is 10.2. The van der Waals surface area contributed by atoms with E-state index < -0.39 is 16.1 Å². The van der Waals surface area contributed by atoms with Crippen molar-refractivity contribution in [2.45, 2.75) is 38.2 Å². The van der Waals surface area contributed by atoms with E-state index in [-0.39, 0.29) is 16.6 Å². The van der Waals surface area contributed by atoms with Crippen LogP contribution in [0.5, 0.6) is 5.75 Å². The van der Waals surface area contributed by atoms with Gasteiger partial charge in [-0.15, -0.1) is 0 Å². The quantitative estimate of drug-likeness (QED) is 0.562. The number of ether oxygens (including phenoxy) is 1. The van der Waals surface area contributed by atoms with Crippen molar-refractivity contribution in [1.82, 2.24) is 5.16 Å². The van der Waals surface area contributed by atoms with Crippen molar-refractivity contribution in [2.75, 3.05) is 10.0 Å². The van der Waals surface area contributed by atoms with Gasteiger partial charge in [0.2, 0.25) is 0 Å². The summed E-state index contributed by atoms with van der Waals surface area (Å²) in [5, 5.41) is 6.37. The Hall–Kier alpha value is -3.33. The number of hydrogen-bond acceptors (Lipinski definition) is 6. The first kappa shape index (κ1) is 21.4. The fourth-order valence-corrected chi connectivity index (χ4v) is 3.71. The molecule has 0 saturated heterocycles. The lowest BCUT2D eigenvalue weighted by Gasteiger charge is -2.17. The van der Waals surface area contributed by atoms with Crippen LogP contribution in [0.1, 0.15) is 24.7 Å². The van der Waals surface area contributed by atoms with Gasteiger partial charge in [-0.1, -0.05) is 24.2 Å². The summed E-state index contributed by atoms with van der Waals surface area (Å²) in [6.07, 6.45) is -0.194. The third-order valence-corrected chi connectivity index (χ3v) is 5.60. The molecule has 0 radical (unpaired) electrons. The first-order valence-corrected chi connectivity index (χ1v) is 10.9. The minimum Gasteiger partial charge on any atom is -0.481 e. The van der Waals surface area contributed by atoms with Crippen LogP contribution in [-0.2, 0) is 14.8 Å². The minimum atomic E-state index is -3.82. The molecule has 3 aromatic rings. The third kappa shape index (κ3) is 5.38. The second kappa shape index (κ2) is 9.00. The highest BCUT2D eigenvalue weighted by molar-refractivity contribution is 7.92. The standard InChI is InChI=1S/C21H23N3O5S/c1-4-19(28-17-7-5-6-14(2)12-17)21(25)22-16-8-10-18(11-9-16)30(26,27)24-20-13-15(3)29-23-20/h5-13,19H,4H2,1-3H3,(H,22,25)(H,23,24). The number of carbonyl (C=O) groups excluding carboxylic acids is 1. The molecule has 0 aliphatic carbocycles. The molecule has 1 heterocycles. The summed E-state index contributed by atoms with van der Waals surface area (Å²) in [5.41, 5.74) is 1.50. The van der Waals surface area contributed by atoms with Gasteiger partial charge in [-0.25, -0.2) is 8.42 Å². The number of nitrogens with zero attached hydrogens (tertiary/aromatic N) is 1. The summed E-state index contributed by atoms with van der Waals surface area (Å²) < 4.78 is 37.8. The van der Waals surface area contributed by atoms with E-state index in [9.17, 15) is 13.2 Å². The van der Waals surface area contributed by atoms with Crippen molar-refractivity contribution < 1.29 is 22.5 Å². The monoisotopic (exact) mass is 429 g/mol. The Morgan fingerprint density at radius 1 is 1.13 bits per heavy atom. The molecule has 3 rings (SSSR count). The van der Waals surface area contributed by atoms with Gasteiger partial charge in [-0.2, -0.15) is 0 Å². The van der Waals surface area contributed by atoms with E-state index in [2.05, 4.69) is 15.2 Å². The van der Waals surface area contributed by atoms with Crippen LogP contribution in [0.25, 0.3) is 0 Å². The van der Waals surface area contributed by atoms with Crippen LogP contribution in [0, 0.1) is 13.8 Å². The van der Waals surface area contributed by atoms with E-state index in [1.165, 1.54) is 30.3 Å². The smallest absolute Gasteiger partial charge is 0.265 e. The number of benzene rings is 2. The van der Waals surface area contributed by atoms with Gasteiger partial charge in [0.25, 0.3) is 15.9 Å². The highest BCUT2D eigenvalue weighted by Crippen LogP contribution is 2.20. The number of carbonyl (C=O) groups is 1. The van der Waals surface area contributed by atoms with Crippen LogP contribution < -0.4 is 14.8 Å². The molecule has 1 atom stereocenters. The summed E-state index contributed by atoms with van der Waals surface area (Å²) in [6, 6.07) is 14.8. The van der Waals surface area contributed by atoms with E-state index >= 15 is 0 Å². The van der Waals surface area contributed by atoms with E-state index in [1.54, 1.807) is 13.0 Å². The number of rotatable bonds is 8. The lowest BCUT2D eigenvalue weighted by molar-refractivity contribution is -0.122. The number of amides is 1. The van der Waals surface area contributed by atoms with Crippen molar-refractivity contribution in [3.63, 3.8) is 0 Å². The van der Waals surface area contributed by atoms with E-state index in [4.69, 9.17) is 9.26 Å². The number of sulfonamides is 1. The molecule has 0 saturated carbocycles. The SMILES string of the molecule is CCC(Oc1cccc(C)c1)C(=O)Nc1ccc(S(=O)(=O)Nc2cc(C)on2)cc1. The number of aryl methyl sites for hydroxylation is 2. The molecule has 0 aliphatic heterocycles. The van der Waals surface area contributed by atoms with Crippen LogP contribution in [0.2, 0.25) is 0 Å². The average molecular weight is 429 g/mol. The molecule has 1 unspecified atom stereocenters. The molecule has 0 spiro atoms. The molecule has 0 aliphatic rings. The Bertz CT molecular complexity index is 1120. The summed E-state index contributed by atoms with van der Waals surface area (Å²) in [6.45, 7) is 5.46. The number of nitrogens with one attached hydrogen (secondary N) is 2. The Morgan fingerprint density at radius 3 is 2.47 bits per heavy atom. The summed E-state index contributed by atoms with van der Waals surface area (Å²) >= 11 is 0. The first-order chi connectivity index (χ1) is 14.3. The van der Waals surface area contributed by atoms with Crippen molar-refractivity contribution in [2.24, 2.45) is 0 Å². The maximum atomic E-state index is 12.6. The van der Waals surface area contributed by atoms with Gasteiger partial charge < -0.3 is 14.6 Å². The molecule has 9 heteroatoms. The van der Waals surface area contributed by atoms with Crippen LogP contribution in [0.3, 0.4) is 0 Å². The molecule has 30 heavy (non-hydrogen) atoms. The highest BCUT2D eigenvalue weighted by atomic mass is 32.2. The second-order valence-corrected chi connectivity index (χ2v) is 8.46. The molecular formula is C21H23N3O5S. The molecule has 8 nitrogen and oxygen atoms in total. The zero-order valence-corrected chi connectivity index (χ0v) is 17.7. The van der Waals surface area contributed by atoms with Crippen LogP contribution in [0.4, 0.5) is 11.5 Å². The fraction of sp³-hybridized carbons (Fsp3) is 0.238. The molecule has 0 fully saturated rings. The topological polar surface area (TPSA) is 111 Å². The van der Waals surface area contributed by atoms with Crippen LogP contribution >= 0.6 is 0 Å². The normalized spacial score (nSPS) is 12.2. The summed E-state index contributed by atoms with van der Waals surface area (Å²) in [4.78, 5) is 12.6. The predicted molar refractivity (Wildman–Crippen MR) is 113 cm³/mol. The molecule has 1 amide bonds. The third-order valence-electron chi connectivity index (χ3n) is 4.23. The van der Waals surface area contributed by atoms with E-state index in [1.807, 2.05) is 32.0 Å². The summed E-state index contributed by atoms with van der Waals surface area (Å²) in [7, 11) is -3.82. The minimum absolute atomic E-state index is 0.0317. The molecule has 2 aromatic carbocycles. The molecular weight excluding hydrogens is 406 g/mol. The number of aromatic nitrogens is 1. The molecule has 2 N–H and O–H groups in total. The van der Waals surface area contributed by atoms with E-state index in [0.29, 0.717) is 23.6 Å². The van der Waals surface area contributed by atoms with Gasteiger partial charge >= 0.3 is 0 Å². The van der Waals surface area contributed by atoms with Crippen LogP contribution in [0.15, 0.2) is 64.0 Å². The van der Waals surface area contributed by atoms with Gasteiger partial charge in [0.05, 0.1) is 4.90 Å². The lowest BCUT2D eigenvalue weighted by Crippen LogP contribution is -2.32. The van der Waals surface area contributed by atoms with Gasteiger partial charge in [-0.05, 0) is 62.2 Å². The van der Waals surface area contributed by atoms with Crippen LogP contribution in [-0.4, -0.2) is 25.6 Å². The molecule has 158 valence electrons. The summed E-state index contributed by atoms with van der Waals surface area (Å²) in [5.74, 6) is 0.895. The van der Waals surface area contributed by atoms with Gasteiger partial charge in [0, 0.05) is 11.8 Å². The van der Waals surface area contributed by atoms with E-state index in [0.717, 1.165) is 5.56 Å². The first-order valence-electron chi connectivity index (χ1n) is 9.37. The molecule has 0 bridgehead atoms. The Labute approximate surface area is 175 Å². The van der Waals surface area contributed by atoms with Crippen molar-refractivity contribution >= 4 is 27.4 Å². The number of hydrogen-bond donors (Lipinski definition) is 2. The average Bonchev–Trinajstić information content (AvgIpc) is 3.10. The zero-order valence-electron chi connectivity index (χ0n) is 16.9. The Balaban J connectivity index is 1.65. The maximum Gasteiger partial charge on any atom is 0.265 e. The van der Waals surface area contributed by atoms with Crippen molar-refractivity contribution in [3.8, 4) is 5.75 Å². The highest BCUT2D eigenvalue weighted by Gasteiger charge is 2.20. The van der Waals surface area contributed by atoms with Gasteiger partial charge in [-0.3, -0.25) is 9.52 Å². The maximum absolute atomic E-state index is 12.6. The largest absolute Gasteiger partial charge is 0.481 e. The van der Waals surface area contributed by atoms with Gasteiger partial charge in [0.1, 0.15) is 11.5 Å². The molecule has 1 aromatic heterocycles. The Kier molecular flexibility index (Phi) is 6.41. The predicted octanol–water partition coefficient (Wildman–Crippen LogP) is 3.89. The second-order valence-electron chi connectivity index (χ2n) is 6.77. The van der Waals surface area contributed by atoms with Crippen molar-refractivity contribution in [1.29, 1.82) is 0 Å². The fourth-order valence-electron chi connectivity index (χ4n) is 2.73. The zero-order chi connectivity index (χ0) is 21.7. The Morgan fingerprint density at radius 2 is 1.87 bits per heavy atom. The number of anilines is 2. The van der Waals surface area contributed by atoms with Gasteiger partial charge in [0.15, 0.2) is 11.9 Å².